The number of allylic oxidation sites excluding steroid dienone is 2. The summed E-state index contributed by atoms with van der Waals surface area (Å²) < 4.78 is 0. The van der Waals surface area contributed by atoms with Gasteiger partial charge in [0.15, 0.2) is 0 Å². The van der Waals surface area contributed by atoms with E-state index in [1.165, 1.54) is 12.1 Å². The zero-order chi connectivity index (χ0) is 16.3. The first-order valence-corrected chi connectivity index (χ1v) is 8.05. The van der Waals surface area contributed by atoms with Crippen LogP contribution in [-0.4, -0.2) is 22.7 Å². The summed E-state index contributed by atoms with van der Waals surface area (Å²) in [5, 5.41) is 1.40. The molecule has 1 N–H and O–H groups in total. The molecule has 1 saturated carbocycles. The third-order valence-corrected chi connectivity index (χ3v) is 5.42. The van der Waals surface area contributed by atoms with E-state index in [1.807, 2.05) is 12.2 Å². The van der Waals surface area contributed by atoms with Gasteiger partial charge in [-0.1, -0.05) is 35.4 Å². The molecule has 1 aromatic rings. The van der Waals surface area contributed by atoms with Crippen LogP contribution in [0.3, 0.4) is 0 Å². The van der Waals surface area contributed by atoms with Crippen LogP contribution in [0.1, 0.15) is 16.8 Å². The zero-order valence-corrected chi connectivity index (χ0v) is 13.3. The van der Waals surface area contributed by atoms with Gasteiger partial charge in [0.05, 0.1) is 22.4 Å². The molecule has 2 aliphatic carbocycles. The van der Waals surface area contributed by atoms with Crippen LogP contribution in [0.15, 0.2) is 30.4 Å². The Kier molecular flexibility index (Phi) is 3.25. The molecule has 2 fully saturated rings. The molecule has 23 heavy (non-hydrogen) atoms. The number of nitrogens with zero attached hydrogens (tertiary/aromatic N) is 1. The minimum Gasteiger partial charge on any atom is -0.272 e. The molecule has 0 unspecified atom stereocenters. The molecule has 3 amide bonds. The van der Waals surface area contributed by atoms with Crippen LogP contribution < -0.4 is 5.43 Å². The number of hydrazine groups is 1. The number of benzene rings is 1. The van der Waals surface area contributed by atoms with E-state index < -0.39 is 5.91 Å². The molecule has 0 spiro atoms. The van der Waals surface area contributed by atoms with E-state index in [2.05, 4.69) is 5.43 Å². The predicted octanol–water partition coefficient (Wildman–Crippen LogP) is 2.45. The van der Waals surface area contributed by atoms with E-state index in [9.17, 15) is 14.4 Å². The number of rotatable bonds is 2. The van der Waals surface area contributed by atoms with Crippen molar-refractivity contribution in [1.29, 1.82) is 0 Å². The molecular formula is C16H12Cl2N2O3. The maximum Gasteiger partial charge on any atom is 0.271 e. The van der Waals surface area contributed by atoms with Crippen molar-refractivity contribution in [2.45, 2.75) is 6.42 Å². The quantitative estimate of drug-likeness (QED) is 0.658. The molecule has 1 aliphatic heterocycles. The van der Waals surface area contributed by atoms with E-state index >= 15 is 0 Å². The SMILES string of the molecule is O=C(NN1C(=O)[C@@H]2[C@@H](C1=O)[C@H]1C=C[C@H]2C1)c1cc(Cl)ccc1Cl. The van der Waals surface area contributed by atoms with E-state index in [-0.39, 0.29) is 46.1 Å². The van der Waals surface area contributed by atoms with Gasteiger partial charge >= 0.3 is 0 Å². The molecule has 5 nitrogen and oxygen atoms in total. The molecule has 3 aliphatic rings. The Labute approximate surface area is 142 Å². The van der Waals surface area contributed by atoms with Crippen molar-refractivity contribution in [3.63, 3.8) is 0 Å². The first-order chi connectivity index (χ1) is 11.0. The monoisotopic (exact) mass is 350 g/mol. The van der Waals surface area contributed by atoms with Gasteiger partial charge in [-0.15, -0.1) is 0 Å². The molecule has 2 bridgehead atoms. The Hall–Kier alpha value is -1.85. The normalized spacial score (nSPS) is 31.0. The van der Waals surface area contributed by atoms with Gasteiger partial charge in [0.25, 0.3) is 17.7 Å². The van der Waals surface area contributed by atoms with Crippen molar-refractivity contribution in [2.75, 3.05) is 0 Å². The summed E-state index contributed by atoms with van der Waals surface area (Å²) in [7, 11) is 0. The molecule has 1 saturated heterocycles. The lowest BCUT2D eigenvalue weighted by molar-refractivity contribution is -0.143. The Morgan fingerprint density at radius 1 is 1.09 bits per heavy atom. The highest BCUT2D eigenvalue weighted by Crippen LogP contribution is 2.52. The fraction of sp³-hybridized carbons (Fsp3) is 0.312. The number of nitrogens with one attached hydrogen (secondary N) is 1. The Balaban J connectivity index is 1.58. The minimum atomic E-state index is -0.625. The largest absolute Gasteiger partial charge is 0.272 e. The van der Waals surface area contributed by atoms with Gasteiger partial charge in [-0.25, -0.2) is 0 Å². The van der Waals surface area contributed by atoms with Gasteiger partial charge in [-0.05, 0) is 36.5 Å². The summed E-state index contributed by atoms with van der Waals surface area (Å²) in [4.78, 5) is 37.4. The van der Waals surface area contributed by atoms with Crippen LogP contribution in [0, 0.1) is 23.7 Å². The number of fused-ring (bicyclic) bond motifs is 5. The van der Waals surface area contributed by atoms with Gasteiger partial charge in [-0.2, -0.15) is 5.01 Å². The summed E-state index contributed by atoms with van der Waals surface area (Å²) >= 11 is 11.8. The number of carbonyl (C=O) groups is 3. The maximum atomic E-state index is 12.5. The fourth-order valence-corrected chi connectivity index (χ4v) is 4.22. The van der Waals surface area contributed by atoms with Crippen molar-refractivity contribution in [2.24, 2.45) is 23.7 Å². The van der Waals surface area contributed by atoms with E-state index in [1.54, 1.807) is 6.07 Å². The summed E-state index contributed by atoms with van der Waals surface area (Å²) in [6.45, 7) is 0. The highest BCUT2D eigenvalue weighted by Gasteiger charge is 2.59. The molecule has 118 valence electrons. The lowest BCUT2D eigenvalue weighted by atomic mass is 9.85. The van der Waals surface area contributed by atoms with Gasteiger partial charge in [0.1, 0.15) is 0 Å². The third kappa shape index (κ3) is 2.11. The minimum absolute atomic E-state index is 0.0955. The number of imide groups is 1. The van der Waals surface area contributed by atoms with Gasteiger partial charge in [-0.3, -0.25) is 19.8 Å². The first-order valence-electron chi connectivity index (χ1n) is 7.29. The molecule has 7 heteroatoms. The molecule has 1 heterocycles. The molecule has 0 aromatic heterocycles. The van der Waals surface area contributed by atoms with Gasteiger partial charge < -0.3 is 0 Å². The standard InChI is InChI=1S/C16H12Cl2N2O3/c17-9-3-4-11(18)10(6-9)14(21)19-20-15(22)12-7-1-2-8(5-7)13(12)16(20)23/h1-4,6-8,12-13H,5H2,(H,19,21)/t7-,8-,12-,13-/m0/s1. The molecule has 4 atom stereocenters. The Morgan fingerprint density at radius 3 is 2.30 bits per heavy atom. The van der Waals surface area contributed by atoms with Crippen molar-refractivity contribution < 1.29 is 14.4 Å². The highest BCUT2D eigenvalue weighted by atomic mass is 35.5. The molecule has 1 aromatic carbocycles. The van der Waals surface area contributed by atoms with Crippen LogP contribution in [0.25, 0.3) is 0 Å². The summed E-state index contributed by atoms with van der Waals surface area (Å²) in [6, 6.07) is 4.45. The third-order valence-electron chi connectivity index (χ3n) is 4.86. The number of hydrogen-bond acceptors (Lipinski definition) is 3. The summed E-state index contributed by atoms with van der Waals surface area (Å²) in [5.41, 5.74) is 2.51. The van der Waals surface area contributed by atoms with Crippen LogP contribution in [-0.2, 0) is 9.59 Å². The van der Waals surface area contributed by atoms with Crippen LogP contribution >= 0.6 is 23.2 Å². The predicted molar refractivity (Wildman–Crippen MR) is 83.5 cm³/mol. The summed E-state index contributed by atoms with van der Waals surface area (Å²) in [5.74, 6) is -1.83. The van der Waals surface area contributed by atoms with Crippen LogP contribution in [0.5, 0.6) is 0 Å². The first kappa shape index (κ1) is 14.7. The van der Waals surface area contributed by atoms with E-state index in [0.717, 1.165) is 11.4 Å². The summed E-state index contributed by atoms with van der Waals surface area (Å²) in [6.07, 6.45) is 4.83. The van der Waals surface area contributed by atoms with E-state index in [4.69, 9.17) is 23.2 Å². The second-order valence-corrected chi connectivity index (χ2v) is 6.92. The average molecular weight is 351 g/mol. The lowest BCUT2D eigenvalue weighted by Gasteiger charge is -2.18. The number of halogens is 2. The molecule has 0 radical (unpaired) electrons. The second kappa shape index (κ2) is 5.08. The number of carbonyl (C=O) groups excluding carboxylic acids is 3. The van der Waals surface area contributed by atoms with Crippen LogP contribution in [0.4, 0.5) is 0 Å². The van der Waals surface area contributed by atoms with Gasteiger partial charge in [0, 0.05) is 5.02 Å². The zero-order valence-electron chi connectivity index (χ0n) is 11.8. The Morgan fingerprint density at radius 2 is 1.70 bits per heavy atom. The van der Waals surface area contributed by atoms with Crippen molar-refractivity contribution in [3.8, 4) is 0 Å². The van der Waals surface area contributed by atoms with Crippen LogP contribution in [0.2, 0.25) is 10.0 Å². The fourth-order valence-electron chi connectivity index (χ4n) is 3.85. The second-order valence-electron chi connectivity index (χ2n) is 6.08. The van der Waals surface area contributed by atoms with E-state index in [0.29, 0.717) is 5.02 Å². The smallest absolute Gasteiger partial charge is 0.271 e. The molecule has 4 rings (SSSR count). The van der Waals surface area contributed by atoms with Crippen molar-refractivity contribution in [3.05, 3.63) is 46.0 Å². The Bertz CT molecular complexity index is 747. The lowest BCUT2D eigenvalue weighted by Crippen LogP contribution is -2.47. The van der Waals surface area contributed by atoms with Crippen molar-refractivity contribution in [1.82, 2.24) is 10.4 Å². The highest BCUT2D eigenvalue weighted by molar-refractivity contribution is 6.35. The topological polar surface area (TPSA) is 66.5 Å². The van der Waals surface area contributed by atoms with Gasteiger partial charge in [0.2, 0.25) is 0 Å². The average Bonchev–Trinajstić information content (AvgIpc) is 3.19. The maximum absolute atomic E-state index is 12.5. The molecular weight excluding hydrogens is 339 g/mol. The number of amides is 3. The number of hydrogen-bond donors (Lipinski definition) is 1. The van der Waals surface area contributed by atoms with Crippen molar-refractivity contribution >= 4 is 40.9 Å².